The Bertz CT molecular complexity index is 337. The van der Waals surface area contributed by atoms with Gasteiger partial charge in [-0.25, -0.2) is 4.98 Å². The minimum atomic E-state index is -0.119. The highest BCUT2D eigenvalue weighted by atomic mass is 35.5. The van der Waals surface area contributed by atoms with E-state index in [1.165, 1.54) is 18.3 Å². The minimum Gasteiger partial charge on any atom is -0.302 e. The maximum absolute atomic E-state index is 10.8. The van der Waals surface area contributed by atoms with Gasteiger partial charge < -0.3 is 5.32 Å². The number of nitrogens with zero attached hydrogens (tertiary/aromatic N) is 1. The van der Waals surface area contributed by atoms with E-state index in [0.717, 1.165) is 11.3 Å². The molecule has 1 aromatic heterocycles. The van der Waals surface area contributed by atoms with E-state index in [4.69, 9.17) is 11.6 Å². The summed E-state index contributed by atoms with van der Waals surface area (Å²) in [5, 5.41) is 3.71. The number of hydrogen-bond donors (Lipinski definition) is 1. The number of carbonyl (C=O) groups is 1. The predicted octanol–water partition coefficient (Wildman–Crippen LogP) is 3.98. The first-order valence-corrected chi connectivity index (χ1v) is 6.61. The Kier molecular flexibility index (Phi) is 7.34. The molecular formula is C11H19ClN2OS. The minimum absolute atomic E-state index is 0.119. The molecule has 5 heteroatoms. The molecule has 0 aliphatic carbocycles. The summed E-state index contributed by atoms with van der Waals surface area (Å²) in [6.07, 6.45) is 0.899. The second-order valence-corrected chi connectivity index (χ2v) is 4.95. The maximum Gasteiger partial charge on any atom is 0.223 e. The number of aromatic nitrogens is 1. The lowest BCUT2D eigenvalue weighted by Gasteiger charge is -1.99. The molecule has 0 atom stereocenters. The van der Waals surface area contributed by atoms with Crippen molar-refractivity contribution in [3.8, 4) is 0 Å². The van der Waals surface area contributed by atoms with Crippen LogP contribution in [0.5, 0.6) is 0 Å². The highest BCUT2D eigenvalue weighted by Crippen LogP contribution is 2.28. The van der Waals surface area contributed by atoms with Crippen molar-refractivity contribution in [2.75, 3.05) is 5.32 Å². The lowest BCUT2D eigenvalue weighted by molar-refractivity contribution is -0.114. The number of carbonyl (C=O) groups excluding carboxylic acids is 1. The summed E-state index contributed by atoms with van der Waals surface area (Å²) in [4.78, 5) is 15.9. The Morgan fingerprint density at radius 2 is 2.06 bits per heavy atom. The first kappa shape index (κ1) is 15.4. The molecule has 1 amide bonds. The zero-order chi connectivity index (χ0) is 12.7. The van der Waals surface area contributed by atoms with Crippen LogP contribution in [0.1, 0.15) is 39.5 Å². The molecule has 92 valence electrons. The van der Waals surface area contributed by atoms with Crippen molar-refractivity contribution in [2.45, 2.75) is 41.0 Å². The van der Waals surface area contributed by atoms with Gasteiger partial charge in [-0.3, -0.25) is 4.79 Å². The number of nitrogens with one attached hydrogen (secondary N) is 1. The smallest absolute Gasteiger partial charge is 0.223 e. The normalized spacial score (nSPS) is 9.69. The van der Waals surface area contributed by atoms with Crippen LogP contribution >= 0.6 is 22.9 Å². The fourth-order valence-corrected chi connectivity index (χ4v) is 2.47. The van der Waals surface area contributed by atoms with Crippen molar-refractivity contribution in [3.63, 3.8) is 0 Å². The standard InChI is InChI=1S/C9H13ClN2OS.C2H6/c1-5(2)4-7-8(10)12-9(14-7)11-6(3)13;1-2/h5H,4H2,1-3H3,(H,11,12,13);1-2H3. The third kappa shape index (κ3) is 5.47. The van der Waals surface area contributed by atoms with Crippen LogP contribution in [0.15, 0.2) is 0 Å². The van der Waals surface area contributed by atoms with Crippen LogP contribution in [0.2, 0.25) is 5.15 Å². The molecular weight excluding hydrogens is 244 g/mol. The van der Waals surface area contributed by atoms with Gasteiger partial charge in [0.1, 0.15) is 5.15 Å². The van der Waals surface area contributed by atoms with Crippen molar-refractivity contribution in [3.05, 3.63) is 10.0 Å². The van der Waals surface area contributed by atoms with E-state index in [9.17, 15) is 4.79 Å². The van der Waals surface area contributed by atoms with E-state index < -0.39 is 0 Å². The molecule has 0 aliphatic rings. The summed E-state index contributed by atoms with van der Waals surface area (Å²) < 4.78 is 0. The van der Waals surface area contributed by atoms with Crippen molar-refractivity contribution >= 4 is 34.0 Å². The summed E-state index contributed by atoms with van der Waals surface area (Å²) in [5.41, 5.74) is 0. The summed E-state index contributed by atoms with van der Waals surface area (Å²) >= 11 is 7.36. The third-order valence-corrected chi connectivity index (χ3v) is 2.94. The first-order valence-electron chi connectivity index (χ1n) is 5.42. The van der Waals surface area contributed by atoms with Crippen LogP contribution in [0, 0.1) is 5.92 Å². The van der Waals surface area contributed by atoms with Crippen molar-refractivity contribution in [1.82, 2.24) is 4.98 Å². The van der Waals surface area contributed by atoms with Gasteiger partial charge in [0.25, 0.3) is 0 Å². The van der Waals surface area contributed by atoms with Gasteiger partial charge in [-0.15, -0.1) is 11.3 Å². The van der Waals surface area contributed by atoms with Gasteiger partial charge in [0.05, 0.1) is 0 Å². The van der Waals surface area contributed by atoms with E-state index >= 15 is 0 Å². The average Bonchev–Trinajstić information content (AvgIpc) is 2.48. The zero-order valence-electron chi connectivity index (χ0n) is 10.4. The molecule has 16 heavy (non-hydrogen) atoms. The van der Waals surface area contributed by atoms with E-state index in [2.05, 4.69) is 24.1 Å². The zero-order valence-corrected chi connectivity index (χ0v) is 12.0. The molecule has 0 saturated heterocycles. The van der Waals surface area contributed by atoms with Crippen LogP contribution in [0.3, 0.4) is 0 Å². The molecule has 0 saturated carbocycles. The predicted molar refractivity (Wildman–Crippen MR) is 71.3 cm³/mol. The average molecular weight is 263 g/mol. The number of hydrogen-bond acceptors (Lipinski definition) is 3. The molecule has 0 fully saturated rings. The Morgan fingerprint density at radius 3 is 2.50 bits per heavy atom. The van der Waals surface area contributed by atoms with E-state index in [0.29, 0.717) is 16.2 Å². The van der Waals surface area contributed by atoms with Gasteiger partial charge in [-0.05, 0) is 12.3 Å². The van der Waals surface area contributed by atoms with Crippen molar-refractivity contribution < 1.29 is 4.79 Å². The summed E-state index contributed by atoms with van der Waals surface area (Å²) in [7, 11) is 0. The number of amides is 1. The Morgan fingerprint density at radius 1 is 1.50 bits per heavy atom. The number of halogens is 1. The molecule has 1 aromatic rings. The molecule has 1 N–H and O–H groups in total. The van der Waals surface area contributed by atoms with E-state index in [1.807, 2.05) is 13.8 Å². The number of thiazole rings is 1. The lowest BCUT2D eigenvalue weighted by atomic mass is 10.1. The van der Waals surface area contributed by atoms with E-state index in [-0.39, 0.29) is 5.91 Å². The van der Waals surface area contributed by atoms with Crippen LogP contribution in [0.4, 0.5) is 5.13 Å². The number of rotatable bonds is 3. The molecule has 0 aliphatic heterocycles. The monoisotopic (exact) mass is 262 g/mol. The van der Waals surface area contributed by atoms with Crippen molar-refractivity contribution in [1.29, 1.82) is 0 Å². The second kappa shape index (κ2) is 7.63. The number of anilines is 1. The van der Waals surface area contributed by atoms with Gasteiger partial charge in [0, 0.05) is 11.8 Å². The molecule has 0 unspecified atom stereocenters. The Hall–Kier alpha value is -0.610. The van der Waals surface area contributed by atoms with Gasteiger partial charge in [0.15, 0.2) is 5.13 Å². The van der Waals surface area contributed by atoms with Gasteiger partial charge >= 0.3 is 0 Å². The topological polar surface area (TPSA) is 42.0 Å². The largest absolute Gasteiger partial charge is 0.302 e. The van der Waals surface area contributed by atoms with Crippen LogP contribution < -0.4 is 5.32 Å². The van der Waals surface area contributed by atoms with Crippen LogP contribution in [0.25, 0.3) is 0 Å². The highest BCUT2D eigenvalue weighted by molar-refractivity contribution is 7.16. The molecule has 0 radical (unpaired) electrons. The molecule has 1 rings (SSSR count). The second-order valence-electron chi connectivity index (χ2n) is 3.51. The fourth-order valence-electron chi connectivity index (χ4n) is 1.03. The van der Waals surface area contributed by atoms with Gasteiger partial charge in [-0.2, -0.15) is 0 Å². The quantitative estimate of drug-likeness (QED) is 0.895. The fraction of sp³-hybridized carbons (Fsp3) is 0.636. The van der Waals surface area contributed by atoms with E-state index in [1.54, 1.807) is 0 Å². The SMILES string of the molecule is CC.CC(=O)Nc1nc(Cl)c(CC(C)C)s1. The summed E-state index contributed by atoms with van der Waals surface area (Å²) in [6.45, 7) is 9.69. The van der Waals surface area contributed by atoms with Crippen LogP contribution in [-0.4, -0.2) is 10.9 Å². The molecule has 3 nitrogen and oxygen atoms in total. The lowest BCUT2D eigenvalue weighted by Crippen LogP contribution is -2.04. The van der Waals surface area contributed by atoms with Gasteiger partial charge in [-0.1, -0.05) is 39.3 Å². The third-order valence-electron chi connectivity index (χ3n) is 1.53. The molecule has 0 aromatic carbocycles. The molecule has 1 heterocycles. The Balaban J connectivity index is 0.00000106. The summed E-state index contributed by atoms with van der Waals surface area (Å²) in [6, 6.07) is 0. The first-order chi connectivity index (χ1) is 7.49. The molecule has 0 bridgehead atoms. The van der Waals surface area contributed by atoms with Gasteiger partial charge in [0.2, 0.25) is 5.91 Å². The maximum atomic E-state index is 10.8. The van der Waals surface area contributed by atoms with Crippen LogP contribution in [-0.2, 0) is 11.2 Å². The Labute approximate surface area is 106 Å². The highest BCUT2D eigenvalue weighted by Gasteiger charge is 2.11. The summed E-state index contributed by atoms with van der Waals surface area (Å²) in [5.74, 6) is 0.421. The molecule has 0 spiro atoms. The van der Waals surface area contributed by atoms with Crippen molar-refractivity contribution in [2.24, 2.45) is 5.92 Å².